The molecule has 4 heteroatoms. The maximum absolute atomic E-state index is 12.2. The zero-order valence-corrected chi connectivity index (χ0v) is 11.8. The third-order valence-corrected chi connectivity index (χ3v) is 3.69. The molecule has 1 aliphatic heterocycles. The number of ether oxygens (including phenoxy) is 1. The maximum atomic E-state index is 12.2. The van der Waals surface area contributed by atoms with E-state index >= 15 is 0 Å². The summed E-state index contributed by atoms with van der Waals surface area (Å²) in [7, 11) is 1.91. The van der Waals surface area contributed by atoms with Gasteiger partial charge in [0.2, 0.25) is 5.91 Å². The lowest BCUT2D eigenvalue weighted by Gasteiger charge is -2.17. The Labute approximate surface area is 114 Å². The Kier molecular flexibility index (Phi) is 4.56. The number of amides is 1. The molecular weight excluding hydrogens is 240 g/mol. The average Bonchev–Trinajstić information content (AvgIpc) is 2.85. The van der Waals surface area contributed by atoms with Gasteiger partial charge in [-0.15, -0.1) is 0 Å². The molecule has 4 nitrogen and oxygen atoms in total. The van der Waals surface area contributed by atoms with Crippen LogP contribution in [0.3, 0.4) is 0 Å². The highest BCUT2D eigenvalue weighted by Crippen LogP contribution is 2.25. The van der Waals surface area contributed by atoms with Crippen LogP contribution in [0.2, 0.25) is 0 Å². The van der Waals surface area contributed by atoms with Gasteiger partial charge in [-0.2, -0.15) is 0 Å². The molecule has 0 aliphatic carbocycles. The Morgan fingerprint density at radius 3 is 2.79 bits per heavy atom. The van der Waals surface area contributed by atoms with Gasteiger partial charge in [0.05, 0.1) is 18.6 Å². The predicted molar refractivity (Wildman–Crippen MR) is 76.1 cm³/mol. The van der Waals surface area contributed by atoms with E-state index in [0.717, 1.165) is 17.7 Å². The minimum atomic E-state index is -0.0343. The van der Waals surface area contributed by atoms with Crippen molar-refractivity contribution in [1.82, 2.24) is 5.32 Å². The topological polar surface area (TPSA) is 50.4 Å². The van der Waals surface area contributed by atoms with E-state index in [4.69, 9.17) is 4.74 Å². The predicted octanol–water partition coefficient (Wildman–Crippen LogP) is 2.33. The summed E-state index contributed by atoms with van der Waals surface area (Å²) in [5.41, 5.74) is 1.99. The van der Waals surface area contributed by atoms with Gasteiger partial charge in [-0.3, -0.25) is 4.79 Å². The summed E-state index contributed by atoms with van der Waals surface area (Å²) in [6.45, 7) is 4.60. The van der Waals surface area contributed by atoms with Crippen molar-refractivity contribution in [1.29, 1.82) is 0 Å². The molecule has 1 saturated heterocycles. The van der Waals surface area contributed by atoms with Crippen molar-refractivity contribution in [2.75, 3.05) is 19.0 Å². The van der Waals surface area contributed by atoms with Crippen LogP contribution in [0.15, 0.2) is 24.3 Å². The van der Waals surface area contributed by atoms with E-state index in [1.165, 1.54) is 0 Å². The molecule has 2 N–H and O–H groups in total. The highest BCUT2D eigenvalue weighted by molar-refractivity contribution is 5.93. The van der Waals surface area contributed by atoms with Crippen molar-refractivity contribution >= 4 is 11.6 Å². The van der Waals surface area contributed by atoms with Crippen molar-refractivity contribution in [2.24, 2.45) is 5.92 Å². The average molecular weight is 262 g/mol. The number of hydrogen-bond acceptors (Lipinski definition) is 3. The standard InChI is InChI=1S/C15H22N2O2/c1-10-8-12(9-19-10)15(18)17-14-7-5-4-6-13(14)11(2)16-3/h4-7,10-12,16H,8-9H2,1-3H3,(H,17,18). The van der Waals surface area contributed by atoms with Crippen molar-refractivity contribution in [2.45, 2.75) is 32.4 Å². The highest BCUT2D eigenvalue weighted by Gasteiger charge is 2.28. The fraction of sp³-hybridized carbons (Fsp3) is 0.533. The van der Waals surface area contributed by atoms with Crippen molar-refractivity contribution in [3.8, 4) is 0 Å². The molecule has 1 aliphatic rings. The van der Waals surface area contributed by atoms with Crippen LogP contribution in [0, 0.1) is 5.92 Å². The molecule has 0 aromatic heterocycles. The third-order valence-electron chi connectivity index (χ3n) is 3.69. The molecule has 19 heavy (non-hydrogen) atoms. The first-order valence-corrected chi connectivity index (χ1v) is 6.80. The molecule has 1 fully saturated rings. The molecule has 0 radical (unpaired) electrons. The largest absolute Gasteiger partial charge is 0.378 e. The quantitative estimate of drug-likeness (QED) is 0.875. The number of hydrogen-bond donors (Lipinski definition) is 2. The lowest BCUT2D eigenvalue weighted by molar-refractivity contribution is -0.119. The van der Waals surface area contributed by atoms with Gasteiger partial charge in [0.25, 0.3) is 0 Å². The van der Waals surface area contributed by atoms with E-state index in [-0.39, 0.29) is 24.0 Å². The zero-order chi connectivity index (χ0) is 13.8. The molecular formula is C15H22N2O2. The number of carbonyl (C=O) groups excluding carboxylic acids is 1. The zero-order valence-electron chi connectivity index (χ0n) is 11.8. The van der Waals surface area contributed by atoms with E-state index < -0.39 is 0 Å². The van der Waals surface area contributed by atoms with E-state index in [1.807, 2.05) is 38.2 Å². The third kappa shape index (κ3) is 3.33. The van der Waals surface area contributed by atoms with Crippen LogP contribution in [-0.2, 0) is 9.53 Å². The van der Waals surface area contributed by atoms with Crippen LogP contribution >= 0.6 is 0 Å². The van der Waals surface area contributed by atoms with E-state index in [0.29, 0.717) is 6.61 Å². The number of para-hydroxylation sites is 1. The highest BCUT2D eigenvalue weighted by atomic mass is 16.5. The molecule has 104 valence electrons. The van der Waals surface area contributed by atoms with Crippen molar-refractivity contribution < 1.29 is 9.53 Å². The van der Waals surface area contributed by atoms with Gasteiger partial charge in [-0.25, -0.2) is 0 Å². The first kappa shape index (κ1) is 14.0. The summed E-state index contributed by atoms with van der Waals surface area (Å²) < 4.78 is 5.45. The Bertz CT molecular complexity index is 448. The van der Waals surface area contributed by atoms with Gasteiger partial charge in [-0.1, -0.05) is 18.2 Å². The van der Waals surface area contributed by atoms with Crippen LogP contribution < -0.4 is 10.6 Å². The fourth-order valence-electron chi connectivity index (χ4n) is 2.38. The fourth-order valence-corrected chi connectivity index (χ4v) is 2.38. The van der Waals surface area contributed by atoms with E-state index in [9.17, 15) is 4.79 Å². The first-order chi connectivity index (χ1) is 9.11. The number of rotatable bonds is 4. The van der Waals surface area contributed by atoms with Crippen molar-refractivity contribution in [3.05, 3.63) is 29.8 Å². The van der Waals surface area contributed by atoms with Gasteiger partial charge in [0, 0.05) is 11.7 Å². The van der Waals surface area contributed by atoms with Crippen molar-refractivity contribution in [3.63, 3.8) is 0 Å². The van der Waals surface area contributed by atoms with Crippen LogP contribution in [-0.4, -0.2) is 25.7 Å². The Balaban J connectivity index is 2.08. The molecule has 3 unspecified atom stereocenters. The van der Waals surface area contributed by atoms with Gasteiger partial charge in [0.1, 0.15) is 0 Å². The monoisotopic (exact) mass is 262 g/mol. The number of nitrogens with one attached hydrogen (secondary N) is 2. The number of carbonyl (C=O) groups is 1. The summed E-state index contributed by atoms with van der Waals surface area (Å²) >= 11 is 0. The minimum absolute atomic E-state index is 0.0343. The maximum Gasteiger partial charge on any atom is 0.229 e. The van der Waals surface area contributed by atoms with Gasteiger partial charge in [-0.05, 0) is 38.9 Å². The molecule has 1 aromatic carbocycles. The second kappa shape index (κ2) is 6.17. The summed E-state index contributed by atoms with van der Waals surface area (Å²) in [5, 5.41) is 6.22. The Morgan fingerprint density at radius 2 is 2.16 bits per heavy atom. The molecule has 0 saturated carbocycles. The normalized spacial score (nSPS) is 24.2. The van der Waals surface area contributed by atoms with Gasteiger partial charge in [0.15, 0.2) is 0 Å². The SMILES string of the molecule is CNC(C)c1ccccc1NC(=O)C1COC(C)C1. The summed E-state index contributed by atoms with van der Waals surface area (Å²) in [5.74, 6) is 0.0213. The summed E-state index contributed by atoms with van der Waals surface area (Å²) in [6, 6.07) is 8.11. The second-order valence-corrected chi connectivity index (χ2v) is 5.16. The van der Waals surface area contributed by atoms with Crippen LogP contribution in [0.5, 0.6) is 0 Å². The molecule has 1 aromatic rings. The molecule has 0 bridgehead atoms. The second-order valence-electron chi connectivity index (χ2n) is 5.16. The molecule has 1 amide bonds. The molecule has 3 atom stereocenters. The molecule has 0 spiro atoms. The van der Waals surface area contributed by atoms with Crippen LogP contribution in [0.1, 0.15) is 31.9 Å². The smallest absolute Gasteiger partial charge is 0.229 e. The first-order valence-electron chi connectivity index (χ1n) is 6.80. The lowest BCUT2D eigenvalue weighted by Crippen LogP contribution is -2.24. The van der Waals surface area contributed by atoms with Gasteiger partial charge < -0.3 is 15.4 Å². The molecule has 2 rings (SSSR count). The van der Waals surface area contributed by atoms with Gasteiger partial charge >= 0.3 is 0 Å². The van der Waals surface area contributed by atoms with Crippen LogP contribution in [0.4, 0.5) is 5.69 Å². The van der Waals surface area contributed by atoms with E-state index in [2.05, 4.69) is 17.6 Å². The number of anilines is 1. The van der Waals surface area contributed by atoms with Crippen LogP contribution in [0.25, 0.3) is 0 Å². The van der Waals surface area contributed by atoms with E-state index in [1.54, 1.807) is 0 Å². The molecule has 1 heterocycles. The summed E-state index contributed by atoms with van der Waals surface area (Å²) in [6.07, 6.45) is 0.984. The lowest BCUT2D eigenvalue weighted by atomic mass is 10.0. The Morgan fingerprint density at radius 1 is 1.42 bits per heavy atom. The Hall–Kier alpha value is -1.39. The summed E-state index contributed by atoms with van der Waals surface area (Å²) in [4.78, 5) is 12.2. The number of benzene rings is 1. The minimum Gasteiger partial charge on any atom is -0.378 e.